The molecule has 1 aliphatic heterocycles. The third kappa shape index (κ3) is 2.78. The van der Waals surface area contributed by atoms with Crippen molar-refractivity contribution >= 4 is 21.7 Å². The van der Waals surface area contributed by atoms with Gasteiger partial charge in [-0.3, -0.25) is 4.79 Å². The Morgan fingerprint density at radius 1 is 1.39 bits per heavy atom. The van der Waals surface area contributed by atoms with Crippen molar-refractivity contribution in [3.63, 3.8) is 0 Å². The first kappa shape index (κ1) is 13.6. The lowest BCUT2D eigenvalue weighted by Gasteiger charge is -2.37. The van der Waals surface area contributed by atoms with Gasteiger partial charge in [-0.1, -0.05) is 5.21 Å². The largest absolute Gasteiger partial charge is 0.304 e. The van der Waals surface area contributed by atoms with Crippen molar-refractivity contribution in [2.24, 2.45) is 7.05 Å². The molecule has 7 heteroatoms. The molecule has 0 spiro atoms. The number of Topliss-reactive ketones (excluding diaryl/α,β-unsaturated/α-hetero) is 1. The lowest BCUT2D eigenvalue weighted by molar-refractivity contribution is 0.0802. The van der Waals surface area contributed by atoms with Gasteiger partial charge >= 0.3 is 0 Å². The zero-order chi connectivity index (χ0) is 13.3. The van der Waals surface area contributed by atoms with Crippen LogP contribution in [-0.4, -0.2) is 70.3 Å². The Morgan fingerprint density at radius 2 is 2.11 bits per heavy atom. The van der Waals surface area contributed by atoms with Crippen molar-refractivity contribution in [1.29, 1.82) is 0 Å². The highest BCUT2D eigenvalue weighted by molar-refractivity contribution is 9.10. The smallest absolute Gasteiger partial charge is 0.185 e. The van der Waals surface area contributed by atoms with Crippen LogP contribution in [0.4, 0.5) is 0 Å². The van der Waals surface area contributed by atoms with E-state index in [-0.39, 0.29) is 11.8 Å². The Balaban J connectivity index is 2.07. The second-order valence-corrected chi connectivity index (χ2v) is 5.63. The number of hydrogen-bond acceptors (Lipinski definition) is 5. The van der Waals surface area contributed by atoms with Crippen LogP contribution in [0.5, 0.6) is 0 Å². The molecule has 0 N–H and O–H groups in total. The van der Waals surface area contributed by atoms with Crippen LogP contribution in [0.1, 0.15) is 16.9 Å². The molecule has 2 heterocycles. The predicted octanol–water partition coefficient (Wildman–Crippen LogP) is 0.396. The highest BCUT2D eigenvalue weighted by Crippen LogP contribution is 2.17. The summed E-state index contributed by atoms with van der Waals surface area (Å²) in [6, 6.07) is 0.262. The van der Waals surface area contributed by atoms with Crippen LogP contribution >= 0.6 is 15.9 Å². The normalized spacial score (nSPS) is 22.3. The maximum absolute atomic E-state index is 12.3. The lowest BCUT2D eigenvalue weighted by Crippen LogP contribution is -2.50. The molecule has 2 rings (SSSR count). The average molecular weight is 316 g/mol. The van der Waals surface area contributed by atoms with Crippen LogP contribution in [0.25, 0.3) is 0 Å². The van der Waals surface area contributed by atoms with E-state index >= 15 is 0 Å². The Labute approximate surface area is 115 Å². The average Bonchev–Trinajstić information content (AvgIpc) is 2.63. The molecule has 1 aromatic heterocycles. The van der Waals surface area contributed by atoms with Crippen LogP contribution in [0.15, 0.2) is 4.60 Å². The highest BCUT2D eigenvalue weighted by atomic mass is 79.9. The third-order valence-corrected chi connectivity index (χ3v) is 3.99. The van der Waals surface area contributed by atoms with E-state index < -0.39 is 0 Å². The minimum atomic E-state index is 0.0847. The molecule has 18 heavy (non-hydrogen) atoms. The van der Waals surface area contributed by atoms with Crippen molar-refractivity contribution in [1.82, 2.24) is 24.8 Å². The van der Waals surface area contributed by atoms with E-state index in [9.17, 15) is 4.79 Å². The van der Waals surface area contributed by atoms with Gasteiger partial charge in [-0.25, -0.2) is 4.68 Å². The molecular weight excluding hydrogens is 298 g/mol. The standard InChI is InChI=1S/C11H18BrN5O/c1-15-4-5-16(2)8(7-15)6-9(18)10-11(12)13-14-17(10)3/h8H,4-7H2,1-3H3. The fraction of sp³-hybridized carbons (Fsp3) is 0.727. The van der Waals surface area contributed by atoms with Crippen LogP contribution in [0.2, 0.25) is 0 Å². The second-order valence-electron chi connectivity index (χ2n) is 4.88. The van der Waals surface area contributed by atoms with Crippen molar-refractivity contribution in [3.8, 4) is 0 Å². The fourth-order valence-electron chi connectivity index (χ4n) is 2.26. The first-order valence-corrected chi connectivity index (χ1v) is 6.75. The fourth-order valence-corrected chi connectivity index (χ4v) is 2.81. The van der Waals surface area contributed by atoms with Gasteiger partial charge in [0.05, 0.1) is 0 Å². The Bertz CT molecular complexity index is 427. The van der Waals surface area contributed by atoms with Crippen molar-refractivity contribution < 1.29 is 4.79 Å². The van der Waals surface area contributed by atoms with E-state index in [4.69, 9.17) is 0 Å². The van der Waals surface area contributed by atoms with Gasteiger partial charge in [0.15, 0.2) is 10.4 Å². The van der Waals surface area contributed by atoms with Crippen LogP contribution in [0, 0.1) is 0 Å². The third-order valence-electron chi connectivity index (χ3n) is 3.45. The van der Waals surface area contributed by atoms with Gasteiger partial charge in [-0.15, -0.1) is 5.10 Å². The summed E-state index contributed by atoms with van der Waals surface area (Å²) in [5.41, 5.74) is 0.552. The summed E-state index contributed by atoms with van der Waals surface area (Å²) < 4.78 is 2.06. The Morgan fingerprint density at radius 3 is 2.72 bits per heavy atom. The van der Waals surface area contributed by atoms with Gasteiger partial charge in [-0.05, 0) is 30.0 Å². The molecule has 1 fully saturated rings. The summed E-state index contributed by atoms with van der Waals surface area (Å²) in [5, 5.41) is 7.69. The monoisotopic (exact) mass is 315 g/mol. The van der Waals surface area contributed by atoms with E-state index in [0.29, 0.717) is 16.7 Å². The van der Waals surface area contributed by atoms with Gasteiger partial charge in [0.25, 0.3) is 0 Å². The molecule has 0 radical (unpaired) electrons. The predicted molar refractivity (Wildman–Crippen MR) is 71.6 cm³/mol. The summed E-state index contributed by atoms with van der Waals surface area (Å²) in [6.45, 7) is 2.97. The molecule has 0 amide bonds. The topological polar surface area (TPSA) is 54.3 Å². The number of likely N-dealkylation sites (N-methyl/N-ethyl adjacent to an activating group) is 2. The summed E-state index contributed by atoms with van der Waals surface area (Å²) >= 11 is 3.27. The van der Waals surface area contributed by atoms with Crippen molar-refractivity contribution in [2.75, 3.05) is 33.7 Å². The number of hydrogen-bond donors (Lipinski definition) is 0. The molecule has 6 nitrogen and oxygen atoms in total. The SMILES string of the molecule is CN1CCN(C)C(CC(=O)c2c(Br)nnn2C)C1. The molecule has 1 aromatic rings. The van der Waals surface area contributed by atoms with Crippen molar-refractivity contribution in [2.45, 2.75) is 12.5 Å². The molecule has 0 saturated carbocycles. The van der Waals surface area contributed by atoms with Crippen LogP contribution in [-0.2, 0) is 7.05 Å². The number of halogens is 1. The van der Waals surface area contributed by atoms with E-state index in [0.717, 1.165) is 19.6 Å². The second kappa shape index (κ2) is 5.46. The Kier molecular flexibility index (Phi) is 4.14. The molecule has 1 atom stereocenters. The number of carbonyl (C=O) groups excluding carboxylic acids is 1. The molecule has 1 aliphatic rings. The maximum Gasteiger partial charge on any atom is 0.185 e. The zero-order valence-corrected chi connectivity index (χ0v) is 12.5. The van der Waals surface area contributed by atoms with E-state index in [2.05, 4.69) is 50.1 Å². The van der Waals surface area contributed by atoms with Crippen molar-refractivity contribution in [3.05, 3.63) is 10.3 Å². The molecule has 0 bridgehead atoms. The summed E-state index contributed by atoms with van der Waals surface area (Å²) in [5.74, 6) is 0.0847. The molecule has 100 valence electrons. The molecule has 1 saturated heterocycles. The van der Waals surface area contributed by atoms with Gasteiger partial charge in [0.1, 0.15) is 5.69 Å². The molecule has 0 aromatic carbocycles. The van der Waals surface area contributed by atoms with E-state index in [1.807, 2.05) is 0 Å². The quantitative estimate of drug-likeness (QED) is 0.756. The van der Waals surface area contributed by atoms with Crippen LogP contribution < -0.4 is 0 Å². The van der Waals surface area contributed by atoms with E-state index in [1.54, 1.807) is 7.05 Å². The van der Waals surface area contributed by atoms with E-state index in [1.165, 1.54) is 4.68 Å². The number of aromatic nitrogens is 3. The number of carbonyl (C=O) groups is 1. The number of piperazine rings is 1. The molecular formula is C11H18BrN5O. The minimum Gasteiger partial charge on any atom is -0.304 e. The minimum absolute atomic E-state index is 0.0847. The van der Waals surface area contributed by atoms with Crippen LogP contribution in [0.3, 0.4) is 0 Å². The van der Waals surface area contributed by atoms with Gasteiger partial charge in [-0.2, -0.15) is 0 Å². The number of rotatable bonds is 3. The lowest BCUT2D eigenvalue weighted by atomic mass is 10.0. The van der Waals surface area contributed by atoms with Gasteiger partial charge in [0.2, 0.25) is 0 Å². The van der Waals surface area contributed by atoms with Gasteiger partial charge < -0.3 is 9.80 Å². The zero-order valence-electron chi connectivity index (χ0n) is 10.9. The highest BCUT2D eigenvalue weighted by Gasteiger charge is 2.27. The number of ketones is 1. The maximum atomic E-state index is 12.3. The number of aryl methyl sites for hydroxylation is 1. The first-order valence-electron chi connectivity index (χ1n) is 5.96. The number of nitrogens with zero attached hydrogens (tertiary/aromatic N) is 5. The van der Waals surface area contributed by atoms with Gasteiger partial charge in [0, 0.05) is 39.1 Å². The Hall–Kier alpha value is -0.790. The first-order chi connectivity index (χ1) is 8.49. The molecule has 1 unspecified atom stereocenters. The molecule has 0 aliphatic carbocycles. The summed E-state index contributed by atoms with van der Waals surface area (Å²) in [7, 11) is 5.90. The summed E-state index contributed by atoms with van der Waals surface area (Å²) in [6.07, 6.45) is 0.501. The summed E-state index contributed by atoms with van der Waals surface area (Å²) in [4.78, 5) is 16.8.